The molecule has 0 aliphatic carbocycles. The van der Waals surface area contributed by atoms with Crippen molar-refractivity contribution in [3.05, 3.63) is 35.5 Å². The molecule has 2 aromatic rings. The molecule has 2 rings (SSSR count). The van der Waals surface area contributed by atoms with Gasteiger partial charge >= 0.3 is 0 Å². The zero-order valence-electron chi connectivity index (χ0n) is 11.3. The monoisotopic (exact) mass is 262 g/mol. The number of ketones is 1. The highest BCUT2D eigenvalue weighted by Crippen LogP contribution is 2.30. The largest absolute Gasteiger partial charge is 0.339 e. The molecule has 0 N–H and O–H groups in total. The average molecular weight is 262 g/mol. The number of Topliss-reactive ketones (excluding diaryl/α,β-unsaturated/α-hetero) is 1. The van der Waals surface area contributed by atoms with Crippen molar-refractivity contribution in [1.29, 1.82) is 0 Å². The maximum Gasteiger partial charge on any atom is 0.223 e. The van der Waals surface area contributed by atoms with Gasteiger partial charge in [-0.25, -0.2) is 4.39 Å². The molecule has 0 saturated carbocycles. The number of benzene rings is 1. The third-order valence-electron chi connectivity index (χ3n) is 2.69. The SMILES string of the molecule is Cc1nc(-c2c(F)cccc2C(=O)C(C)(C)C)no1. The fourth-order valence-electron chi connectivity index (χ4n) is 1.75. The standard InChI is InChI=1S/C14H15FN2O2/c1-8-16-13(17-19-8)11-9(6-5-7-10(11)15)12(18)14(2,3)4/h5-7H,1-4H3. The van der Waals surface area contributed by atoms with Gasteiger partial charge in [0.15, 0.2) is 5.78 Å². The number of carbonyl (C=O) groups excluding carboxylic acids is 1. The lowest BCUT2D eigenvalue weighted by molar-refractivity contribution is 0.0858. The van der Waals surface area contributed by atoms with Crippen molar-refractivity contribution in [3.8, 4) is 11.4 Å². The Morgan fingerprint density at radius 2 is 2.00 bits per heavy atom. The van der Waals surface area contributed by atoms with Gasteiger partial charge in [0.2, 0.25) is 11.7 Å². The highest BCUT2D eigenvalue weighted by molar-refractivity contribution is 6.04. The Morgan fingerprint density at radius 3 is 2.53 bits per heavy atom. The van der Waals surface area contributed by atoms with Crippen molar-refractivity contribution in [2.75, 3.05) is 0 Å². The first-order valence-electron chi connectivity index (χ1n) is 5.94. The van der Waals surface area contributed by atoms with E-state index in [-0.39, 0.29) is 22.7 Å². The van der Waals surface area contributed by atoms with Crippen molar-refractivity contribution in [1.82, 2.24) is 10.1 Å². The van der Waals surface area contributed by atoms with E-state index in [0.717, 1.165) is 0 Å². The number of halogens is 1. The smallest absolute Gasteiger partial charge is 0.223 e. The summed E-state index contributed by atoms with van der Waals surface area (Å²) < 4.78 is 18.9. The summed E-state index contributed by atoms with van der Waals surface area (Å²) in [5.74, 6) is -0.268. The normalized spacial score (nSPS) is 11.6. The van der Waals surface area contributed by atoms with E-state index in [9.17, 15) is 9.18 Å². The minimum atomic E-state index is -0.610. The summed E-state index contributed by atoms with van der Waals surface area (Å²) >= 11 is 0. The summed E-state index contributed by atoms with van der Waals surface area (Å²) in [6.45, 7) is 6.96. The topological polar surface area (TPSA) is 56.0 Å². The molecule has 0 atom stereocenters. The highest BCUT2D eigenvalue weighted by atomic mass is 19.1. The molecule has 0 bridgehead atoms. The Morgan fingerprint density at radius 1 is 1.32 bits per heavy atom. The van der Waals surface area contributed by atoms with Crippen LogP contribution >= 0.6 is 0 Å². The van der Waals surface area contributed by atoms with Crippen LogP contribution in [0.3, 0.4) is 0 Å². The van der Waals surface area contributed by atoms with Crippen molar-refractivity contribution >= 4 is 5.78 Å². The average Bonchev–Trinajstić information content (AvgIpc) is 2.73. The Bertz CT molecular complexity index is 627. The van der Waals surface area contributed by atoms with Crippen LogP contribution in [-0.4, -0.2) is 15.9 Å². The summed E-state index contributed by atoms with van der Waals surface area (Å²) in [5, 5.41) is 3.69. The number of aromatic nitrogens is 2. The second-order valence-corrected chi connectivity index (χ2v) is 5.38. The molecule has 1 aromatic heterocycles. The fourth-order valence-corrected chi connectivity index (χ4v) is 1.75. The second-order valence-electron chi connectivity index (χ2n) is 5.38. The molecule has 0 fully saturated rings. The van der Waals surface area contributed by atoms with Gasteiger partial charge in [0.05, 0.1) is 5.56 Å². The van der Waals surface area contributed by atoms with Crippen molar-refractivity contribution in [2.45, 2.75) is 27.7 Å². The molecule has 1 aromatic carbocycles. The minimum absolute atomic E-state index is 0.0966. The number of carbonyl (C=O) groups is 1. The molecule has 0 unspecified atom stereocenters. The van der Waals surface area contributed by atoms with Crippen LogP contribution in [0.1, 0.15) is 37.0 Å². The molecule has 0 spiro atoms. The van der Waals surface area contributed by atoms with E-state index in [0.29, 0.717) is 5.89 Å². The van der Waals surface area contributed by atoms with Crippen molar-refractivity contribution < 1.29 is 13.7 Å². The van der Waals surface area contributed by atoms with Gasteiger partial charge in [-0.2, -0.15) is 4.98 Å². The highest BCUT2D eigenvalue weighted by Gasteiger charge is 2.28. The molecule has 100 valence electrons. The Kier molecular flexibility index (Phi) is 3.22. The quantitative estimate of drug-likeness (QED) is 0.778. The van der Waals surface area contributed by atoms with Crippen LogP contribution in [0.2, 0.25) is 0 Å². The predicted octanol–water partition coefficient (Wildman–Crippen LogP) is 3.41. The van der Waals surface area contributed by atoms with Crippen molar-refractivity contribution in [3.63, 3.8) is 0 Å². The van der Waals surface area contributed by atoms with Crippen LogP contribution in [0, 0.1) is 18.2 Å². The molecule has 0 amide bonds. The van der Waals surface area contributed by atoms with E-state index in [1.54, 1.807) is 33.8 Å². The molecule has 19 heavy (non-hydrogen) atoms. The van der Waals surface area contributed by atoms with Gasteiger partial charge in [-0.15, -0.1) is 0 Å². The maximum atomic E-state index is 14.0. The van der Waals surface area contributed by atoms with Crippen LogP contribution < -0.4 is 0 Å². The van der Waals surface area contributed by atoms with Crippen LogP contribution in [0.15, 0.2) is 22.7 Å². The lowest BCUT2D eigenvalue weighted by atomic mass is 9.84. The predicted molar refractivity (Wildman–Crippen MR) is 68.2 cm³/mol. The van der Waals surface area contributed by atoms with Gasteiger partial charge in [0.1, 0.15) is 5.82 Å². The summed E-state index contributed by atoms with van der Waals surface area (Å²) in [6, 6.07) is 4.36. The first kappa shape index (κ1) is 13.4. The first-order valence-corrected chi connectivity index (χ1v) is 5.94. The number of aryl methyl sites for hydroxylation is 1. The summed E-state index contributed by atoms with van der Waals surface area (Å²) in [7, 11) is 0. The molecular weight excluding hydrogens is 247 g/mol. The number of nitrogens with zero attached hydrogens (tertiary/aromatic N) is 2. The molecule has 4 nitrogen and oxygen atoms in total. The van der Waals surface area contributed by atoms with Gasteiger partial charge in [0.25, 0.3) is 0 Å². The first-order chi connectivity index (χ1) is 8.80. The van der Waals surface area contributed by atoms with E-state index in [2.05, 4.69) is 10.1 Å². The second kappa shape index (κ2) is 4.57. The van der Waals surface area contributed by atoms with Gasteiger partial charge in [-0.3, -0.25) is 4.79 Å². The molecule has 0 radical (unpaired) electrons. The number of rotatable bonds is 2. The summed E-state index contributed by atoms with van der Waals surface area (Å²) in [6.07, 6.45) is 0. The van der Waals surface area contributed by atoms with E-state index in [4.69, 9.17) is 4.52 Å². The maximum absolute atomic E-state index is 14.0. The van der Waals surface area contributed by atoms with Gasteiger partial charge in [0, 0.05) is 17.9 Å². The third kappa shape index (κ3) is 2.54. The zero-order chi connectivity index (χ0) is 14.2. The Balaban J connectivity index is 2.64. The lowest BCUT2D eigenvalue weighted by Gasteiger charge is -2.18. The minimum Gasteiger partial charge on any atom is -0.339 e. The number of hydrogen-bond acceptors (Lipinski definition) is 4. The van der Waals surface area contributed by atoms with Gasteiger partial charge in [-0.1, -0.05) is 38.1 Å². The van der Waals surface area contributed by atoms with Crippen LogP contribution in [0.25, 0.3) is 11.4 Å². The number of hydrogen-bond donors (Lipinski definition) is 0. The summed E-state index contributed by atoms with van der Waals surface area (Å²) in [5.41, 5.74) is -0.242. The molecule has 0 saturated heterocycles. The van der Waals surface area contributed by atoms with E-state index >= 15 is 0 Å². The molecule has 0 aliphatic rings. The fraction of sp³-hybridized carbons (Fsp3) is 0.357. The van der Waals surface area contributed by atoms with Gasteiger partial charge < -0.3 is 4.52 Å². The van der Waals surface area contributed by atoms with Crippen LogP contribution in [0.5, 0.6) is 0 Å². The van der Waals surface area contributed by atoms with Crippen LogP contribution in [0.4, 0.5) is 4.39 Å². The van der Waals surface area contributed by atoms with E-state index < -0.39 is 11.2 Å². The van der Waals surface area contributed by atoms with Crippen LogP contribution in [-0.2, 0) is 0 Å². The summed E-state index contributed by atoms with van der Waals surface area (Å²) in [4.78, 5) is 16.4. The van der Waals surface area contributed by atoms with Gasteiger partial charge in [-0.05, 0) is 6.07 Å². The Hall–Kier alpha value is -2.04. The zero-order valence-corrected chi connectivity index (χ0v) is 11.3. The van der Waals surface area contributed by atoms with E-state index in [1.807, 2.05) is 0 Å². The molecule has 0 aliphatic heterocycles. The van der Waals surface area contributed by atoms with Crippen molar-refractivity contribution in [2.24, 2.45) is 5.41 Å². The molecular formula is C14H15FN2O2. The Labute approximate surface area is 110 Å². The van der Waals surface area contributed by atoms with E-state index in [1.165, 1.54) is 12.1 Å². The molecule has 1 heterocycles. The molecule has 5 heteroatoms. The lowest BCUT2D eigenvalue weighted by Crippen LogP contribution is -2.21. The third-order valence-corrected chi connectivity index (χ3v) is 2.69.